The molecule has 4 aromatic rings. The fourth-order valence-corrected chi connectivity index (χ4v) is 5.96. The average Bonchev–Trinajstić information content (AvgIpc) is 3.58. The first-order valence-corrected chi connectivity index (χ1v) is 15.4. The second-order valence-electron chi connectivity index (χ2n) is 10.2. The second kappa shape index (κ2) is 14.2. The summed E-state index contributed by atoms with van der Waals surface area (Å²) < 4.78 is 30.6. The smallest absolute Gasteiger partial charge is 0.337 e. The van der Waals surface area contributed by atoms with Crippen LogP contribution in [0.15, 0.2) is 93.9 Å². The number of ether oxygens (including phenoxy) is 1. The number of carbonyl (C=O) groups is 5. The molecule has 0 aromatic heterocycles. The van der Waals surface area contributed by atoms with Crippen LogP contribution < -0.4 is 20.7 Å². The molecule has 2 heterocycles. The van der Waals surface area contributed by atoms with Crippen molar-refractivity contribution in [1.29, 1.82) is 0 Å². The number of alkyl halides is 2. The first-order chi connectivity index (χ1) is 22.5. The third-order valence-electron chi connectivity index (χ3n) is 7.29. The molecule has 47 heavy (non-hydrogen) atoms. The van der Waals surface area contributed by atoms with Gasteiger partial charge in [0.15, 0.2) is 0 Å². The molecule has 0 atom stereocenters. The van der Waals surface area contributed by atoms with E-state index in [4.69, 9.17) is 4.74 Å². The number of anilines is 2. The molecule has 14 heteroatoms. The number of amides is 4. The van der Waals surface area contributed by atoms with Crippen LogP contribution in [0.4, 0.5) is 20.2 Å². The molecule has 0 fully saturated rings. The molecule has 10 nitrogen and oxygen atoms in total. The van der Waals surface area contributed by atoms with Gasteiger partial charge in [-0.3, -0.25) is 30.0 Å². The van der Waals surface area contributed by atoms with Crippen LogP contribution in [-0.4, -0.2) is 43.1 Å². The van der Waals surface area contributed by atoms with Crippen molar-refractivity contribution < 1.29 is 37.5 Å². The molecule has 0 unspecified atom stereocenters. The van der Waals surface area contributed by atoms with E-state index in [1.807, 2.05) is 41.8 Å². The number of hydrogen-bond acceptors (Lipinski definition) is 6. The Morgan fingerprint density at radius 3 is 1.66 bits per heavy atom. The van der Waals surface area contributed by atoms with Gasteiger partial charge in [-0.15, -0.1) is 0 Å². The van der Waals surface area contributed by atoms with E-state index in [2.05, 4.69) is 31.9 Å². The number of para-hydroxylation sites is 2. The number of halogens is 4. The summed E-state index contributed by atoms with van der Waals surface area (Å²) in [7, 11) is 1.32. The van der Waals surface area contributed by atoms with Gasteiger partial charge in [0.2, 0.25) is 0 Å². The lowest BCUT2D eigenvalue weighted by Gasteiger charge is -2.17. The quantitative estimate of drug-likeness (QED) is 0.189. The summed E-state index contributed by atoms with van der Waals surface area (Å²) in [6.07, 6.45) is -3.24. The van der Waals surface area contributed by atoms with Crippen molar-refractivity contribution in [3.8, 4) is 0 Å². The van der Waals surface area contributed by atoms with Crippen LogP contribution in [0, 0.1) is 0 Å². The fraction of sp³-hybridized carbons (Fsp3) is 0.121. The van der Waals surface area contributed by atoms with Crippen molar-refractivity contribution in [3.63, 3.8) is 0 Å². The Labute approximate surface area is 283 Å². The average molecular weight is 770 g/mol. The first kappa shape index (κ1) is 33.4. The van der Waals surface area contributed by atoms with Crippen molar-refractivity contribution in [2.75, 3.05) is 16.9 Å². The molecule has 2 aliphatic rings. The SMILES string of the molecule is COC(=O)c1ccc2c(c1)C(=O)N(c1ccccc1Br)C2.O=C(NNC(=O)C(F)F)c1ccc2c(c1)C(=O)N(c1ccccc1Br)C2. The third-order valence-corrected chi connectivity index (χ3v) is 8.64. The predicted molar refractivity (Wildman–Crippen MR) is 175 cm³/mol. The molecular weight excluding hydrogens is 746 g/mol. The Morgan fingerprint density at radius 2 is 1.19 bits per heavy atom. The molecule has 0 spiro atoms. The fourth-order valence-electron chi connectivity index (χ4n) is 4.96. The van der Waals surface area contributed by atoms with Crippen molar-refractivity contribution in [2.24, 2.45) is 0 Å². The van der Waals surface area contributed by atoms with E-state index in [-0.39, 0.29) is 17.4 Å². The van der Waals surface area contributed by atoms with E-state index >= 15 is 0 Å². The molecule has 2 aliphatic heterocycles. The van der Waals surface area contributed by atoms with E-state index < -0.39 is 24.2 Å². The number of carbonyl (C=O) groups excluding carboxylic acids is 5. The van der Waals surface area contributed by atoms with Gasteiger partial charge in [0.25, 0.3) is 17.7 Å². The monoisotopic (exact) mass is 768 g/mol. The van der Waals surface area contributed by atoms with Gasteiger partial charge in [-0.05, 0) is 91.5 Å². The summed E-state index contributed by atoms with van der Waals surface area (Å²) in [6.45, 7) is 0.846. The Balaban J connectivity index is 0.000000189. The summed E-state index contributed by atoms with van der Waals surface area (Å²) in [5.41, 5.74) is 8.00. The minimum atomic E-state index is -3.24. The molecule has 6 rings (SSSR count). The van der Waals surface area contributed by atoms with Gasteiger partial charge in [0.05, 0.1) is 37.1 Å². The number of rotatable bonds is 5. The second-order valence-corrected chi connectivity index (χ2v) is 11.9. The summed E-state index contributed by atoms with van der Waals surface area (Å²) >= 11 is 6.86. The number of nitrogens with one attached hydrogen (secondary N) is 2. The van der Waals surface area contributed by atoms with Crippen LogP contribution in [0.2, 0.25) is 0 Å². The Hall–Kier alpha value is -4.95. The van der Waals surface area contributed by atoms with Crippen LogP contribution >= 0.6 is 31.9 Å². The van der Waals surface area contributed by atoms with Crippen LogP contribution in [0.3, 0.4) is 0 Å². The van der Waals surface area contributed by atoms with Gasteiger partial charge in [0.1, 0.15) is 0 Å². The zero-order valence-electron chi connectivity index (χ0n) is 24.4. The number of benzene rings is 4. The van der Waals surface area contributed by atoms with Crippen molar-refractivity contribution in [3.05, 3.63) is 127 Å². The summed E-state index contributed by atoms with van der Waals surface area (Å²) in [6, 6.07) is 24.3. The standard InChI is InChI=1S/C17H12BrF2N3O3.C16H12BrNO3/c18-12-3-1-2-4-13(12)23-8-10-6-5-9(7-11(10)17(23)26)15(24)21-22-16(25)14(19)20;1-21-16(20)10-6-7-11-9-18(15(19)12(11)8-10)14-5-3-2-4-13(14)17/h1-7,14H,8H2,(H,21,24)(H,22,25);2-8H,9H2,1H3. The van der Waals surface area contributed by atoms with Crippen molar-refractivity contribution in [1.82, 2.24) is 10.9 Å². The maximum absolute atomic E-state index is 12.7. The normalized spacial score (nSPS) is 13.1. The highest BCUT2D eigenvalue weighted by atomic mass is 79.9. The van der Waals surface area contributed by atoms with E-state index in [0.29, 0.717) is 35.5 Å². The Morgan fingerprint density at radius 1 is 0.723 bits per heavy atom. The lowest BCUT2D eigenvalue weighted by molar-refractivity contribution is -0.132. The zero-order valence-corrected chi connectivity index (χ0v) is 27.6. The summed E-state index contributed by atoms with van der Waals surface area (Å²) in [5.74, 6) is -3.24. The summed E-state index contributed by atoms with van der Waals surface area (Å²) in [4.78, 5) is 62.9. The van der Waals surface area contributed by atoms with Crippen molar-refractivity contribution in [2.45, 2.75) is 19.5 Å². The number of methoxy groups -OCH3 is 1. The molecule has 4 aromatic carbocycles. The lowest BCUT2D eigenvalue weighted by Crippen LogP contribution is -2.44. The van der Waals surface area contributed by atoms with Crippen LogP contribution in [0.1, 0.15) is 52.6 Å². The molecule has 0 saturated heterocycles. The topological polar surface area (TPSA) is 125 Å². The highest BCUT2D eigenvalue weighted by Gasteiger charge is 2.31. The first-order valence-electron chi connectivity index (χ1n) is 13.9. The van der Waals surface area contributed by atoms with E-state index in [0.717, 1.165) is 25.8 Å². The van der Waals surface area contributed by atoms with Crippen LogP contribution in [0.5, 0.6) is 0 Å². The molecule has 240 valence electrons. The number of esters is 1. The maximum Gasteiger partial charge on any atom is 0.337 e. The van der Waals surface area contributed by atoms with Gasteiger partial charge >= 0.3 is 18.3 Å². The Bertz CT molecular complexity index is 1920. The van der Waals surface area contributed by atoms with Gasteiger partial charge in [-0.25, -0.2) is 4.79 Å². The van der Waals surface area contributed by atoms with Gasteiger partial charge < -0.3 is 14.5 Å². The largest absolute Gasteiger partial charge is 0.465 e. The van der Waals surface area contributed by atoms with Gasteiger partial charge in [-0.1, -0.05) is 36.4 Å². The highest BCUT2D eigenvalue weighted by molar-refractivity contribution is 9.11. The van der Waals surface area contributed by atoms with Gasteiger partial charge in [-0.2, -0.15) is 8.78 Å². The molecule has 4 amide bonds. The highest BCUT2D eigenvalue weighted by Crippen LogP contribution is 2.35. The van der Waals surface area contributed by atoms with Crippen LogP contribution in [0.25, 0.3) is 0 Å². The number of fused-ring (bicyclic) bond motifs is 2. The van der Waals surface area contributed by atoms with E-state index in [9.17, 15) is 32.8 Å². The molecule has 2 N–H and O–H groups in total. The van der Waals surface area contributed by atoms with E-state index in [1.165, 1.54) is 19.2 Å². The molecular formula is C33H24Br2F2N4O6. The maximum atomic E-state index is 12.7. The minimum absolute atomic E-state index is 0.0700. The number of nitrogens with zero attached hydrogens (tertiary/aromatic N) is 2. The summed E-state index contributed by atoms with van der Waals surface area (Å²) in [5, 5.41) is 0. The zero-order chi connectivity index (χ0) is 33.8. The van der Waals surface area contributed by atoms with Crippen molar-refractivity contribution >= 4 is 72.8 Å². The predicted octanol–water partition coefficient (Wildman–Crippen LogP) is 6.03. The molecule has 0 aliphatic carbocycles. The number of hydrazine groups is 1. The Kier molecular flexibility index (Phi) is 10.1. The molecule has 0 radical (unpaired) electrons. The molecule has 0 saturated carbocycles. The van der Waals surface area contributed by atoms with Gasteiger partial charge in [0, 0.05) is 25.6 Å². The van der Waals surface area contributed by atoms with Crippen LogP contribution in [-0.2, 0) is 22.6 Å². The lowest BCUT2D eigenvalue weighted by atomic mass is 10.1. The van der Waals surface area contributed by atoms with E-state index in [1.54, 1.807) is 51.6 Å². The number of hydrogen-bond donors (Lipinski definition) is 2. The third kappa shape index (κ3) is 7.08. The molecule has 0 bridgehead atoms. The minimum Gasteiger partial charge on any atom is -0.465 e.